The van der Waals surface area contributed by atoms with Crippen LogP contribution in [-0.4, -0.2) is 18.1 Å². The monoisotopic (exact) mass is 355 g/mol. The van der Waals surface area contributed by atoms with Gasteiger partial charge in [0.25, 0.3) is 0 Å². The van der Waals surface area contributed by atoms with Crippen molar-refractivity contribution in [1.82, 2.24) is 4.98 Å². The Hall–Kier alpha value is -0.170. The van der Waals surface area contributed by atoms with Gasteiger partial charge in [-0.05, 0) is 44.6 Å². The first kappa shape index (κ1) is 10.9. The molecular weight excluding hydrogens is 349 g/mol. The molecule has 70 valence electrons. The molecule has 5 heteroatoms. The molecule has 0 saturated heterocycles. The van der Waals surface area contributed by atoms with E-state index in [1.807, 2.05) is 6.07 Å². The minimum absolute atomic E-state index is 0.224. The van der Waals surface area contributed by atoms with Crippen LogP contribution in [-0.2, 0) is 16.0 Å². The molecule has 3 nitrogen and oxygen atoms in total. The SMILES string of the molecule is COC(=O)Cc1ncc(Br)cc1I. The van der Waals surface area contributed by atoms with E-state index in [4.69, 9.17) is 0 Å². The smallest absolute Gasteiger partial charge is 0.311 e. The van der Waals surface area contributed by atoms with Crippen LogP contribution in [0, 0.1) is 3.57 Å². The molecule has 0 atom stereocenters. The summed E-state index contributed by atoms with van der Waals surface area (Å²) in [6, 6.07) is 1.91. The van der Waals surface area contributed by atoms with Gasteiger partial charge in [-0.15, -0.1) is 0 Å². The highest BCUT2D eigenvalue weighted by molar-refractivity contribution is 14.1. The van der Waals surface area contributed by atoms with E-state index in [1.165, 1.54) is 7.11 Å². The summed E-state index contributed by atoms with van der Waals surface area (Å²) in [4.78, 5) is 15.1. The minimum atomic E-state index is -0.271. The summed E-state index contributed by atoms with van der Waals surface area (Å²) in [5, 5.41) is 0. The summed E-state index contributed by atoms with van der Waals surface area (Å²) in [5.74, 6) is -0.271. The lowest BCUT2D eigenvalue weighted by Crippen LogP contribution is -2.07. The molecule has 0 amide bonds. The number of esters is 1. The van der Waals surface area contributed by atoms with Gasteiger partial charge in [-0.25, -0.2) is 0 Å². The fourth-order valence-electron chi connectivity index (χ4n) is 0.782. The van der Waals surface area contributed by atoms with E-state index >= 15 is 0 Å². The molecule has 0 aliphatic heterocycles. The zero-order valence-electron chi connectivity index (χ0n) is 6.88. The predicted molar refractivity (Wildman–Crippen MR) is 60.4 cm³/mol. The van der Waals surface area contributed by atoms with Crippen LogP contribution in [0.2, 0.25) is 0 Å². The number of halogens is 2. The number of ether oxygens (including phenoxy) is 1. The van der Waals surface area contributed by atoms with E-state index in [9.17, 15) is 4.79 Å². The highest BCUT2D eigenvalue weighted by Crippen LogP contribution is 2.16. The first-order chi connectivity index (χ1) is 6.13. The molecule has 0 saturated carbocycles. The first-order valence-electron chi connectivity index (χ1n) is 3.50. The van der Waals surface area contributed by atoms with Crippen LogP contribution in [0.25, 0.3) is 0 Å². The number of methoxy groups -OCH3 is 1. The average Bonchev–Trinajstić information content (AvgIpc) is 2.09. The minimum Gasteiger partial charge on any atom is -0.469 e. The standard InChI is InChI=1S/C8H7BrINO2/c1-13-8(12)3-7-6(10)2-5(9)4-11-7/h2,4H,3H2,1H3. The molecule has 0 bridgehead atoms. The second kappa shape index (κ2) is 4.90. The third-order valence-corrected chi connectivity index (χ3v) is 2.79. The predicted octanol–water partition coefficient (Wildman–Crippen LogP) is 2.16. The number of hydrogen-bond donors (Lipinski definition) is 0. The van der Waals surface area contributed by atoms with Crippen LogP contribution in [0.5, 0.6) is 0 Å². The van der Waals surface area contributed by atoms with Crippen molar-refractivity contribution in [1.29, 1.82) is 0 Å². The highest BCUT2D eigenvalue weighted by atomic mass is 127. The molecule has 1 aromatic heterocycles. The quantitative estimate of drug-likeness (QED) is 0.603. The van der Waals surface area contributed by atoms with Crippen molar-refractivity contribution in [3.8, 4) is 0 Å². The summed E-state index contributed by atoms with van der Waals surface area (Å²) >= 11 is 5.43. The molecule has 1 aromatic rings. The third-order valence-electron chi connectivity index (χ3n) is 1.42. The first-order valence-corrected chi connectivity index (χ1v) is 5.37. The molecule has 0 N–H and O–H groups in total. The lowest BCUT2D eigenvalue weighted by Gasteiger charge is -2.02. The Morgan fingerprint density at radius 3 is 3.00 bits per heavy atom. The van der Waals surface area contributed by atoms with Gasteiger partial charge in [0.1, 0.15) is 0 Å². The van der Waals surface area contributed by atoms with Gasteiger partial charge in [-0.2, -0.15) is 0 Å². The van der Waals surface area contributed by atoms with E-state index in [1.54, 1.807) is 6.20 Å². The molecule has 0 aromatic carbocycles. The normalized spacial score (nSPS) is 9.77. The van der Waals surface area contributed by atoms with Gasteiger partial charge in [0.2, 0.25) is 0 Å². The Bertz CT molecular complexity index is 330. The Morgan fingerprint density at radius 2 is 2.46 bits per heavy atom. The van der Waals surface area contributed by atoms with Crippen molar-refractivity contribution >= 4 is 44.5 Å². The molecular formula is C8H7BrINO2. The number of rotatable bonds is 2. The van der Waals surface area contributed by atoms with Crippen molar-refractivity contribution in [2.24, 2.45) is 0 Å². The summed E-state index contributed by atoms with van der Waals surface area (Å²) in [5.41, 5.74) is 0.746. The number of pyridine rings is 1. The van der Waals surface area contributed by atoms with Gasteiger partial charge in [0.05, 0.1) is 19.2 Å². The van der Waals surface area contributed by atoms with E-state index in [2.05, 4.69) is 48.2 Å². The van der Waals surface area contributed by atoms with Crippen molar-refractivity contribution in [3.63, 3.8) is 0 Å². The molecule has 0 unspecified atom stereocenters. The van der Waals surface area contributed by atoms with Crippen molar-refractivity contribution in [3.05, 3.63) is 26.0 Å². The van der Waals surface area contributed by atoms with E-state index < -0.39 is 0 Å². The molecule has 13 heavy (non-hydrogen) atoms. The number of carbonyl (C=O) groups excluding carboxylic acids is 1. The van der Waals surface area contributed by atoms with E-state index in [-0.39, 0.29) is 12.4 Å². The lowest BCUT2D eigenvalue weighted by atomic mass is 10.3. The zero-order valence-corrected chi connectivity index (χ0v) is 10.6. The lowest BCUT2D eigenvalue weighted by molar-refractivity contribution is -0.139. The van der Waals surface area contributed by atoms with Crippen molar-refractivity contribution in [2.75, 3.05) is 7.11 Å². The number of carbonyl (C=O) groups is 1. The van der Waals surface area contributed by atoms with Crippen molar-refractivity contribution < 1.29 is 9.53 Å². The van der Waals surface area contributed by atoms with Gasteiger partial charge in [-0.1, -0.05) is 0 Å². The maximum absolute atomic E-state index is 10.9. The van der Waals surface area contributed by atoms with Gasteiger partial charge < -0.3 is 4.74 Å². The summed E-state index contributed by atoms with van der Waals surface area (Å²) in [7, 11) is 1.37. The number of aromatic nitrogens is 1. The largest absolute Gasteiger partial charge is 0.469 e. The fourth-order valence-corrected chi connectivity index (χ4v) is 2.21. The second-order valence-electron chi connectivity index (χ2n) is 2.33. The Kier molecular flexibility index (Phi) is 4.11. The van der Waals surface area contributed by atoms with Crippen LogP contribution in [0.3, 0.4) is 0 Å². The summed E-state index contributed by atoms with van der Waals surface area (Å²) in [6.45, 7) is 0. The summed E-state index contributed by atoms with van der Waals surface area (Å²) in [6.07, 6.45) is 1.89. The van der Waals surface area contributed by atoms with Crippen molar-refractivity contribution in [2.45, 2.75) is 6.42 Å². The molecule has 1 rings (SSSR count). The molecule has 0 fully saturated rings. The topological polar surface area (TPSA) is 39.2 Å². The second-order valence-corrected chi connectivity index (χ2v) is 4.41. The Labute approximate surface area is 98.2 Å². The van der Waals surface area contributed by atoms with Gasteiger partial charge in [0, 0.05) is 14.2 Å². The summed E-state index contributed by atoms with van der Waals surface area (Å²) < 4.78 is 6.41. The molecule has 0 spiro atoms. The van der Waals surface area contributed by atoms with Crippen LogP contribution in [0.4, 0.5) is 0 Å². The number of nitrogens with zero attached hydrogens (tertiary/aromatic N) is 1. The average molecular weight is 356 g/mol. The molecule has 0 aliphatic carbocycles. The van der Waals surface area contributed by atoms with E-state index in [0.717, 1.165) is 13.7 Å². The third kappa shape index (κ3) is 3.22. The number of hydrogen-bond acceptors (Lipinski definition) is 3. The molecule has 0 aliphatic rings. The van der Waals surface area contributed by atoms with Crippen LogP contribution in [0.15, 0.2) is 16.7 Å². The fraction of sp³-hybridized carbons (Fsp3) is 0.250. The zero-order chi connectivity index (χ0) is 9.84. The van der Waals surface area contributed by atoms with Crippen LogP contribution < -0.4 is 0 Å². The maximum Gasteiger partial charge on any atom is 0.311 e. The Balaban J connectivity index is 2.83. The van der Waals surface area contributed by atoms with Gasteiger partial charge in [0.15, 0.2) is 0 Å². The van der Waals surface area contributed by atoms with Gasteiger partial charge >= 0.3 is 5.97 Å². The highest BCUT2D eigenvalue weighted by Gasteiger charge is 2.07. The van der Waals surface area contributed by atoms with E-state index in [0.29, 0.717) is 0 Å². The molecule has 1 heterocycles. The van der Waals surface area contributed by atoms with Crippen LogP contribution >= 0.6 is 38.5 Å². The molecule has 0 radical (unpaired) electrons. The maximum atomic E-state index is 10.9. The van der Waals surface area contributed by atoms with Crippen LogP contribution in [0.1, 0.15) is 5.69 Å². The Morgan fingerprint density at radius 1 is 1.77 bits per heavy atom. The van der Waals surface area contributed by atoms with Gasteiger partial charge in [-0.3, -0.25) is 9.78 Å².